The second-order valence-electron chi connectivity index (χ2n) is 1.89. The molecule has 0 saturated carbocycles. The molecule has 0 fully saturated rings. The van der Waals surface area contributed by atoms with Crippen LogP contribution >= 0.6 is 20.1 Å². The van der Waals surface area contributed by atoms with Gasteiger partial charge in [0.05, 0.1) is 5.88 Å². The minimum Gasteiger partial charge on any atom is -0.121 e. The van der Waals surface area contributed by atoms with E-state index in [9.17, 15) is 4.57 Å². The summed E-state index contributed by atoms with van der Waals surface area (Å²) >= 11 is 5.58. The van der Waals surface area contributed by atoms with Crippen molar-refractivity contribution in [3.63, 3.8) is 0 Å². The number of hydrogen-bond donors (Lipinski definition) is 0. The molecule has 0 N–H and O–H groups in total. The molecule has 1 aromatic carbocycles. The van der Waals surface area contributed by atoms with Gasteiger partial charge in [-0.1, -0.05) is 22.8 Å². The predicted octanol–water partition coefficient (Wildman–Crippen LogP) is 2.07. The zero-order valence-electron chi connectivity index (χ0n) is 5.30. The lowest BCUT2D eigenvalue weighted by molar-refractivity contribution is 0.603. The van der Waals surface area contributed by atoms with E-state index in [2.05, 4.69) is 0 Å². The summed E-state index contributed by atoms with van der Waals surface area (Å²) in [5, 5.41) is 0.831. The van der Waals surface area contributed by atoms with Crippen molar-refractivity contribution in [2.45, 2.75) is 5.88 Å². The highest BCUT2D eigenvalue weighted by Crippen LogP contribution is 2.05. The number of hydrogen-bond acceptors (Lipinski definition) is 1. The molecule has 1 nitrogen and oxygen atoms in total. The van der Waals surface area contributed by atoms with E-state index in [1.54, 1.807) is 0 Å². The standard InChI is InChI=1S/C7H6ClOP/c8-5-6-3-1-2-4-7(6)10-9/h1-4H,5H2/p+1. The minimum atomic E-state index is -0.399. The molecule has 10 heavy (non-hydrogen) atoms. The molecule has 0 amide bonds. The van der Waals surface area contributed by atoms with Crippen molar-refractivity contribution in [2.75, 3.05) is 0 Å². The zero-order chi connectivity index (χ0) is 7.40. The summed E-state index contributed by atoms with van der Waals surface area (Å²) in [6.07, 6.45) is 0. The SMILES string of the molecule is O=[PH+]c1ccccc1CCl. The van der Waals surface area contributed by atoms with Crippen LogP contribution in [0.5, 0.6) is 0 Å². The van der Waals surface area contributed by atoms with Gasteiger partial charge in [0, 0.05) is 5.56 Å². The Morgan fingerprint density at radius 1 is 1.40 bits per heavy atom. The van der Waals surface area contributed by atoms with Crippen LogP contribution in [0.4, 0.5) is 0 Å². The lowest BCUT2D eigenvalue weighted by Gasteiger charge is -1.90. The highest BCUT2D eigenvalue weighted by Gasteiger charge is 2.04. The first-order valence-electron chi connectivity index (χ1n) is 2.90. The third kappa shape index (κ3) is 1.56. The van der Waals surface area contributed by atoms with Gasteiger partial charge in [0.1, 0.15) is 0 Å². The molecule has 3 heteroatoms. The first-order valence-corrected chi connectivity index (χ1v) is 4.35. The molecule has 1 unspecified atom stereocenters. The number of rotatable bonds is 2. The van der Waals surface area contributed by atoms with Crippen LogP contribution in [0.1, 0.15) is 5.56 Å². The molecule has 0 aromatic heterocycles. The quantitative estimate of drug-likeness (QED) is 0.494. The fourth-order valence-electron chi connectivity index (χ4n) is 0.736. The number of benzene rings is 1. The Bertz CT molecular complexity index is 237. The van der Waals surface area contributed by atoms with Crippen molar-refractivity contribution in [3.8, 4) is 0 Å². The maximum atomic E-state index is 10.5. The molecule has 0 aliphatic rings. The summed E-state index contributed by atoms with van der Waals surface area (Å²) in [5.41, 5.74) is 0.956. The Hall–Kier alpha value is -0.390. The maximum absolute atomic E-state index is 10.5. The molecule has 1 atom stereocenters. The highest BCUT2D eigenvalue weighted by atomic mass is 35.5. The third-order valence-electron chi connectivity index (χ3n) is 1.27. The van der Waals surface area contributed by atoms with E-state index >= 15 is 0 Å². The second kappa shape index (κ2) is 3.70. The molecular weight excluding hydrogens is 167 g/mol. The van der Waals surface area contributed by atoms with Crippen LogP contribution in [0.25, 0.3) is 0 Å². The van der Waals surface area contributed by atoms with E-state index < -0.39 is 8.46 Å². The smallest absolute Gasteiger partial charge is 0.121 e. The second-order valence-corrected chi connectivity index (χ2v) is 2.90. The van der Waals surface area contributed by atoms with Crippen molar-refractivity contribution in [3.05, 3.63) is 29.8 Å². The van der Waals surface area contributed by atoms with Crippen LogP contribution in [0, 0.1) is 0 Å². The molecule has 1 rings (SSSR count). The summed E-state index contributed by atoms with van der Waals surface area (Å²) in [4.78, 5) is 0. The third-order valence-corrected chi connectivity index (χ3v) is 2.27. The fourth-order valence-corrected chi connectivity index (χ4v) is 1.55. The molecule has 0 aliphatic carbocycles. The summed E-state index contributed by atoms with van der Waals surface area (Å²) in [6.45, 7) is 0. The lowest BCUT2D eigenvalue weighted by Crippen LogP contribution is -1.97. The molecule has 0 radical (unpaired) electrons. The summed E-state index contributed by atoms with van der Waals surface area (Å²) in [7, 11) is -0.399. The van der Waals surface area contributed by atoms with Gasteiger partial charge < -0.3 is 0 Å². The lowest BCUT2D eigenvalue weighted by atomic mass is 10.2. The molecule has 0 spiro atoms. The van der Waals surface area contributed by atoms with Crippen molar-refractivity contribution < 1.29 is 4.57 Å². The van der Waals surface area contributed by atoms with Crippen molar-refractivity contribution in [1.82, 2.24) is 0 Å². The molecular formula is C7H7ClOP+. The first-order chi connectivity index (χ1) is 4.88. The van der Waals surface area contributed by atoms with Crippen LogP contribution in [-0.2, 0) is 10.4 Å². The molecule has 0 aliphatic heterocycles. The number of halogens is 1. The average Bonchev–Trinajstić information content (AvgIpc) is 2.04. The largest absolute Gasteiger partial charge is 0.363 e. The van der Waals surface area contributed by atoms with Crippen LogP contribution < -0.4 is 5.30 Å². The summed E-state index contributed by atoms with van der Waals surface area (Å²) in [5.74, 6) is 0.436. The van der Waals surface area contributed by atoms with Gasteiger partial charge in [0.15, 0.2) is 5.30 Å². The Morgan fingerprint density at radius 3 is 2.60 bits per heavy atom. The average molecular weight is 174 g/mol. The van der Waals surface area contributed by atoms with E-state index in [1.807, 2.05) is 24.3 Å². The maximum Gasteiger partial charge on any atom is 0.363 e. The Balaban J connectivity index is 3.08. The molecule has 0 heterocycles. The Kier molecular flexibility index (Phi) is 2.85. The molecule has 0 bridgehead atoms. The van der Waals surface area contributed by atoms with Gasteiger partial charge in [0.2, 0.25) is 0 Å². The van der Waals surface area contributed by atoms with E-state index in [-0.39, 0.29) is 0 Å². The van der Waals surface area contributed by atoms with Gasteiger partial charge in [0.25, 0.3) is 0 Å². The van der Waals surface area contributed by atoms with Crippen molar-refractivity contribution in [2.24, 2.45) is 0 Å². The number of alkyl halides is 1. The minimum absolute atomic E-state index is 0.399. The van der Waals surface area contributed by atoms with Crippen molar-refractivity contribution >= 4 is 25.4 Å². The van der Waals surface area contributed by atoms with E-state index in [4.69, 9.17) is 11.6 Å². The van der Waals surface area contributed by atoms with Gasteiger partial charge in [-0.25, -0.2) is 0 Å². The monoisotopic (exact) mass is 173 g/mol. The summed E-state index contributed by atoms with van der Waals surface area (Å²) in [6, 6.07) is 7.45. The summed E-state index contributed by atoms with van der Waals surface area (Å²) < 4.78 is 10.5. The molecule has 52 valence electrons. The molecule has 1 aromatic rings. The zero-order valence-corrected chi connectivity index (χ0v) is 7.06. The van der Waals surface area contributed by atoms with E-state index in [0.29, 0.717) is 5.88 Å². The van der Waals surface area contributed by atoms with Gasteiger partial charge in [-0.05, 0) is 6.07 Å². The first kappa shape index (κ1) is 7.71. The van der Waals surface area contributed by atoms with Gasteiger partial charge in [-0.3, -0.25) is 0 Å². The van der Waals surface area contributed by atoms with Gasteiger partial charge in [-0.2, -0.15) is 0 Å². The Labute approximate surface area is 66.2 Å². The van der Waals surface area contributed by atoms with Crippen LogP contribution in [0.15, 0.2) is 24.3 Å². The van der Waals surface area contributed by atoms with Gasteiger partial charge in [-0.15, -0.1) is 11.6 Å². The fraction of sp³-hybridized carbons (Fsp3) is 0.143. The van der Waals surface area contributed by atoms with Crippen LogP contribution in [0.3, 0.4) is 0 Å². The topological polar surface area (TPSA) is 17.1 Å². The highest BCUT2D eigenvalue weighted by molar-refractivity contribution is 7.34. The van der Waals surface area contributed by atoms with E-state index in [0.717, 1.165) is 10.9 Å². The Morgan fingerprint density at radius 2 is 2.10 bits per heavy atom. The normalized spacial score (nSPS) is 10.1. The van der Waals surface area contributed by atoms with E-state index in [1.165, 1.54) is 0 Å². The predicted molar refractivity (Wildman–Crippen MR) is 44.6 cm³/mol. The van der Waals surface area contributed by atoms with Crippen molar-refractivity contribution in [1.29, 1.82) is 0 Å². The van der Waals surface area contributed by atoms with Crippen LogP contribution in [-0.4, -0.2) is 0 Å². The van der Waals surface area contributed by atoms with Crippen LogP contribution in [0.2, 0.25) is 0 Å². The van der Waals surface area contributed by atoms with Gasteiger partial charge >= 0.3 is 8.46 Å². The molecule has 0 saturated heterocycles.